The minimum absolute atomic E-state index is 0.0681. The van der Waals surface area contributed by atoms with E-state index >= 15 is 0 Å². The molecule has 5 nitrogen and oxygen atoms in total. The number of nitrogens with one attached hydrogen (secondary N) is 1. The van der Waals surface area contributed by atoms with Crippen LogP contribution < -0.4 is 11.1 Å². The van der Waals surface area contributed by atoms with E-state index in [1.54, 1.807) is 11.3 Å². The second-order valence-electron chi connectivity index (χ2n) is 6.75. The van der Waals surface area contributed by atoms with Crippen LogP contribution in [-0.2, 0) is 17.8 Å². The number of nitrogens with zero attached hydrogens (tertiary/aromatic N) is 1. The summed E-state index contributed by atoms with van der Waals surface area (Å²) in [6, 6.07) is 9.50. The van der Waals surface area contributed by atoms with Crippen LogP contribution in [0, 0.1) is 0 Å². The fourth-order valence-electron chi connectivity index (χ4n) is 3.21. The highest BCUT2D eigenvalue weighted by Gasteiger charge is 2.33. The van der Waals surface area contributed by atoms with Crippen LogP contribution in [0.2, 0.25) is 0 Å². The molecule has 6 heteroatoms. The normalized spacial score (nSPS) is 19.7. The summed E-state index contributed by atoms with van der Waals surface area (Å²) in [7, 11) is 0. The summed E-state index contributed by atoms with van der Waals surface area (Å²) in [5.41, 5.74) is 8.28. The van der Waals surface area contributed by atoms with Crippen molar-refractivity contribution in [1.82, 2.24) is 4.90 Å². The van der Waals surface area contributed by atoms with Gasteiger partial charge in [-0.15, -0.1) is 11.3 Å². The standard InChI is InChI=1S/C19H21N3O2S/c20-16-7-3-12-10-13(4-8-17(12)21-18(16)23)19(24)22(14-5-6-14)11-15-2-1-9-25-15/h1-2,4,8-10,14,16H,3,5-7,11,20H2,(H,21,23). The lowest BCUT2D eigenvalue weighted by atomic mass is 10.0. The molecule has 1 aromatic carbocycles. The molecule has 1 atom stereocenters. The lowest BCUT2D eigenvalue weighted by Crippen LogP contribution is -2.34. The van der Waals surface area contributed by atoms with E-state index in [0.717, 1.165) is 24.1 Å². The van der Waals surface area contributed by atoms with Crippen molar-refractivity contribution in [1.29, 1.82) is 0 Å². The second-order valence-corrected chi connectivity index (χ2v) is 7.78. The van der Waals surface area contributed by atoms with Crippen LogP contribution in [0.1, 0.15) is 40.1 Å². The van der Waals surface area contributed by atoms with Crippen molar-refractivity contribution >= 4 is 28.8 Å². The van der Waals surface area contributed by atoms with Crippen molar-refractivity contribution in [3.63, 3.8) is 0 Å². The summed E-state index contributed by atoms with van der Waals surface area (Å²) in [6.45, 7) is 0.667. The Bertz CT molecular complexity index is 799. The number of anilines is 1. The van der Waals surface area contributed by atoms with Crippen molar-refractivity contribution in [2.45, 2.75) is 44.3 Å². The molecule has 2 amide bonds. The summed E-state index contributed by atoms with van der Waals surface area (Å²) in [5, 5.41) is 4.89. The molecule has 0 radical (unpaired) electrons. The van der Waals surface area contributed by atoms with Gasteiger partial charge in [-0.1, -0.05) is 6.07 Å². The van der Waals surface area contributed by atoms with E-state index in [1.807, 2.05) is 34.5 Å². The zero-order valence-corrected chi connectivity index (χ0v) is 14.7. The van der Waals surface area contributed by atoms with E-state index in [0.29, 0.717) is 31.0 Å². The Morgan fingerprint density at radius 1 is 1.28 bits per heavy atom. The third-order valence-electron chi connectivity index (χ3n) is 4.83. The van der Waals surface area contributed by atoms with Crippen molar-refractivity contribution in [2.24, 2.45) is 5.73 Å². The molecule has 1 unspecified atom stereocenters. The minimum atomic E-state index is -0.492. The van der Waals surface area contributed by atoms with Crippen molar-refractivity contribution in [3.05, 3.63) is 51.7 Å². The number of benzene rings is 1. The van der Waals surface area contributed by atoms with Crippen LogP contribution in [-0.4, -0.2) is 28.8 Å². The Balaban J connectivity index is 1.58. The molecule has 4 rings (SSSR count). The van der Waals surface area contributed by atoms with Gasteiger partial charge in [-0.25, -0.2) is 0 Å². The predicted molar refractivity (Wildman–Crippen MR) is 98.6 cm³/mol. The molecule has 0 bridgehead atoms. The summed E-state index contributed by atoms with van der Waals surface area (Å²) in [4.78, 5) is 28.1. The highest BCUT2D eigenvalue weighted by molar-refractivity contribution is 7.09. The number of fused-ring (bicyclic) bond motifs is 1. The topological polar surface area (TPSA) is 75.4 Å². The van der Waals surface area contributed by atoms with Gasteiger partial charge in [-0.3, -0.25) is 9.59 Å². The van der Waals surface area contributed by atoms with Crippen molar-refractivity contribution < 1.29 is 9.59 Å². The Labute approximate surface area is 150 Å². The summed E-state index contributed by atoms with van der Waals surface area (Å²) in [5.74, 6) is -0.0892. The number of nitrogens with two attached hydrogens (primary N) is 1. The maximum absolute atomic E-state index is 13.1. The van der Waals surface area contributed by atoms with Crippen LogP contribution in [0.15, 0.2) is 35.7 Å². The predicted octanol–water partition coefficient (Wildman–Crippen LogP) is 2.76. The first-order valence-electron chi connectivity index (χ1n) is 8.64. The Morgan fingerprint density at radius 2 is 2.12 bits per heavy atom. The van der Waals surface area contributed by atoms with Gasteiger partial charge in [-0.2, -0.15) is 0 Å². The van der Waals surface area contributed by atoms with Gasteiger partial charge in [0.2, 0.25) is 5.91 Å². The van der Waals surface area contributed by atoms with Crippen LogP contribution in [0.5, 0.6) is 0 Å². The van der Waals surface area contributed by atoms with Crippen LogP contribution in [0.25, 0.3) is 0 Å². The first kappa shape index (κ1) is 16.3. The van der Waals surface area contributed by atoms with Gasteiger partial charge in [0.15, 0.2) is 0 Å². The molecular formula is C19H21N3O2S. The fourth-order valence-corrected chi connectivity index (χ4v) is 3.91. The lowest BCUT2D eigenvalue weighted by molar-refractivity contribution is -0.117. The quantitative estimate of drug-likeness (QED) is 0.885. The van der Waals surface area contributed by atoms with E-state index < -0.39 is 6.04 Å². The number of amides is 2. The van der Waals surface area contributed by atoms with Crippen LogP contribution in [0.3, 0.4) is 0 Å². The number of carbonyl (C=O) groups excluding carboxylic acids is 2. The van der Waals surface area contributed by atoms with Gasteiger partial charge in [-0.05, 0) is 60.9 Å². The lowest BCUT2D eigenvalue weighted by Gasteiger charge is -2.22. The fraction of sp³-hybridized carbons (Fsp3) is 0.368. The van der Waals surface area contributed by atoms with E-state index in [2.05, 4.69) is 11.4 Å². The van der Waals surface area contributed by atoms with Crippen molar-refractivity contribution in [2.75, 3.05) is 5.32 Å². The first-order valence-corrected chi connectivity index (χ1v) is 9.52. The molecule has 1 aromatic heterocycles. The summed E-state index contributed by atoms with van der Waals surface area (Å²) in [6.07, 6.45) is 3.45. The van der Waals surface area contributed by atoms with Crippen molar-refractivity contribution in [3.8, 4) is 0 Å². The Hall–Kier alpha value is -2.18. The highest BCUT2D eigenvalue weighted by Crippen LogP contribution is 2.31. The molecule has 25 heavy (non-hydrogen) atoms. The van der Waals surface area contributed by atoms with E-state index in [1.165, 1.54) is 4.88 Å². The number of thiophene rings is 1. The van der Waals surface area contributed by atoms with Gasteiger partial charge in [0, 0.05) is 22.2 Å². The molecule has 2 heterocycles. The maximum atomic E-state index is 13.1. The van der Waals surface area contributed by atoms with Gasteiger partial charge in [0.25, 0.3) is 5.91 Å². The number of hydrogen-bond acceptors (Lipinski definition) is 4. The molecule has 1 fully saturated rings. The summed E-state index contributed by atoms with van der Waals surface area (Å²) < 4.78 is 0. The van der Waals surface area contributed by atoms with Crippen LogP contribution >= 0.6 is 11.3 Å². The first-order chi connectivity index (χ1) is 12.1. The van der Waals surface area contributed by atoms with Gasteiger partial charge in [0.05, 0.1) is 12.6 Å². The largest absolute Gasteiger partial charge is 0.331 e. The molecular weight excluding hydrogens is 334 g/mol. The molecule has 130 valence electrons. The second kappa shape index (κ2) is 6.61. The molecule has 2 aromatic rings. The van der Waals surface area contributed by atoms with Crippen LogP contribution in [0.4, 0.5) is 5.69 Å². The Kier molecular flexibility index (Phi) is 4.31. The smallest absolute Gasteiger partial charge is 0.254 e. The summed E-state index contributed by atoms with van der Waals surface area (Å²) >= 11 is 1.68. The van der Waals surface area contributed by atoms with E-state index in [4.69, 9.17) is 5.73 Å². The molecule has 2 aliphatic rings. The van der Waals surface area contributed by atoms with E-state index in [9.17, 15) is 9.59 Å². The van der Waals surface area contributed by atoms with E-state index in [-0.39, 0.29) is 11.8 Å². The molecule has 0 spiro atoms. The molecule has 1 aliphatic heterocycles. The average molecular weight is 355 g/mol. The monoisotopic (exact) mass is 355 g/mol. The zero-order valence-electron chi connectivity index (χ0n) is 13.9. The number of aryl methyl sites for hydroxylation is 1. The maximum Gasteiger partial charge on any atom is 0.254 e. The molecule has 0 saturated heterocycles. The molecule has 1 saturated carbocycles. The van der Waals surface area contributed by atoms with Gasteiger partial charge in [0.1, 0.15) is 0 Å². The number of hydrogen-bond donors (Lipinski definition) is 2. The molecule has 1 aliphatic carbocycles. The Morgan fingerprint density at radius 3 is 2.84 bits per heavy atom. The number of rotatable bonds is 4. The van der Waals surface area contributed by atoms with Gasteiger partial charge < -0.3 is 16.0 Å². The third kappa shape index (κ3) is 3.45. The average Bonchev–Trinajstić information content (AvgIpc) is 3.35. The van der Waals surface area contributed by atoms with Gasteiger partial charge >= 0.3 is 0 Å². The zero-order chi connectivity index (χ0) is 17.4. The minimum Gasteiger partial charge on any atom is -0.331 e. The molecule has 3 N–H and O–H groups in total. The highest BCUT2D eigenvalue weighted by atomic mass is 32.1. The SMILES string of the molecule is NC1CCc2cc(C(=O)N(Cc3cccs3)C3CC3)ccc2NC1=O. The number of carbonyl (C=O) groups is 2. The third-order valence-corrected chi connectivity index (χ3v) is 5.69.